The van der Waals surface area contributed by atoms with Crippen LogP contribution in [-0.2, 0) is 12.7 Å². The van der Waals surface area contributed by atoms with Gasteiger partial charge in [0.2, 0.25) is 0 Å². The third-order valence-corrected chi connectivity index (χ3v) is 3.94. The summed E-state index contributed by atoms with van der Waals surface area (Å²) in [6.07, 6.45) is -2.86. The zero-order valence-corrected chi connectivity index (χ0v) is 11.5. The molecular weight excluding hydrogens is 267 g/mol. The summed E-state index contributed by atoms with van der Waals surface area (Å²) in [6, 6.07) is 5.72. The molecule has 0 aromatic heterocycles. The Morgan fingerprint density at radius 1 is 1.35 bits per heavy atom. The fourth-order valence-corrected chi connectivity index (χ4v) is 2.80. The van der Waals surface area contributed by atoms with Gasteiger partial charge in [-0.25, -0.2) is 0 Å². The lowest BCUT2D eigenvalue weighted by Crippen LogP contribution is -2.39. The van der Waals surface area contributed by atoms with Crippen LogP contribution in [0.1, 0.15) is 30.9 Å². The Labute approximate surface area is 117 Å². The predicted molar refractivity (Wildman–Crippen MR) is 71.1 cm³/mol. The molecule has 5 heteroatoms. The molecule has 112 valence electrons. The Morgan fingerprint density at radius 2 is 2.05 bits per heavy atom. The SMILES string of the molecule is CC(O)C1CCCN(Cc2ccccc2C(F)(F)F)C1. The van der Waals surface area contributed by atoms with Crippen LogP contribution in [0.3, 0.4) is 0 Å². The van der Waals surface area contributed by atoms with Gasteiger partial charge in [0.05, 0.1) is 11.7 Å². The first kappa shape index (κ1) is 15.3. The molecule has 1 aromatic carbocycles. The van der Waals surface area contributed by atoms with Crippen molar-refractivity contribution in [3.63, 3.8) is 0 Å². The van der Waals surface area contributed by atoms with Gasteiger partial charge < -0.3 is 5.11 Å². The van der Waals surface area contributed by atoms with E-state index in [2.05, 4.69) is 0 Å². The van der Waals surface area contributed by atoms with E-state index in [1.807, 2.05) is 4.90 Å². The van der Waals surface area contributed by atoms with Crippen molar-refractivity contribution in [2.45, 2.75) is 38.6 Å². The molecule has 0 amide bonds. The lowest BCUT2D eigenvalue weighted by Gasteiger charge is -2.34. The van der Waals surface area contributed by atoms with Crippen molar-refractivity contribution in [1.82, 2.24) is 4.90 Å². The van der Waals surface area contributed by atoms with Crippen LogP contribution in [0, 0.1) is 5.92 Å². The number of hydrogen-bond donors (Lipinski definition) is 1. The molecule has 1 N–H and O–H groups in total. The van der Waals surface area contributed by atoms with E-state index >= 15 is 0 Å². The average Bonchev–Trinajstić information content (AvgIpc) is 2.38. The molecule has 0 saturated carbocycles. The molecule has 1 heterocycles. The molecule has 1 saturated heterocycles. The highest BCUT2D eigenvalue weighted by atomic mass is 19.4. The molecule has 0 radical (unpaired) electrons. The highest BCUT2D eigenvalue weighted by Gasteiger charge is 2.33. The van der Waals surface area contributed by atoms with Crippen molar-refractivity contribution in [3.05, 3.63) is 35.4 Å². The summed E-state index contributed by atoms with van der Waals surface area (Å²) in [6.45, 7) is 3.48. The molecule has 2 nitrogen and oxygen atoms in total. The van der Waals surface area contributed by atoms with Crippen molar-refractivity contribution in [2.24, 2.45) is 5.92 Å². The third-order valence-electron chi connectivity index (χ3n) is 3.94. The highest BCUT2D eigenvalue weighted by molar-refractivity contribution is 5.29. The first-order chi connectivity index (χ1) is 9.38. The van der Waals surface area contributed by atoms with E-state index in [0.29, 0.717) is 18.7 Å². The maximum Gasteiger partial charge on any atom is 0.416 e. The van der Waals surface area contributed by atoms with Gasteiger partial charge in [0.15, 0.2) is 0 Å². The zero-order valence-electron chi connectivity index (χ0n) is 11.5. The minimum absolute atomic E-state index is 0.154. The van der Waals surface area contributed by atoms with Crippen LogP contribution in [0.4, 0.5) is 13.2 Å². The summed E-state index contributed by atoms with van der Waals surface area (Å²) in [5.41, 5.74) is -0.245. The molecule has 1 fully saturated rings. The summed E-state index contributed by atoms with van der Waals surface area (Å²) in [4.78, 5) is 2.01. The van der Waals surface area contributed by atoms with Gasteiger partial charge in [-0.1, -0.05) is 18.2 Å². The molecule has 20 heavy (non-hydrogen) atoms. The monoisotopic (exact) mass is 287 g/mol. The van der Waals surface area contributed by atoms with Crippen LogP contribution in [-0.4, -0.2) is 29.2 Å². The standard InChI is InChI=1S/C15H20F3NO/c1-11(20)12-6-4-8-19(9-12)10-13-5-2-3-7-14(13)15(16,17)18/h2-3,5,7,11-12,20H,4,6,8-10H2,1H3. The normalized spacial score (nSPS) is 22.8. The van der Waals surface area contributed by atoms with Crippen molar-refractivity contribution < 1.29 is 18.3 Å². The molecule has 0 aliphatic carbocycles. The van der Waals surface area contributed by atoms with Gasteiger partial charge >= 0.3 is 6.18 Å². The van der Waals surface area contributed by atoms with Crippen LogP contribution in [0.25, 0.3) is 0 Å². The van der Waals surface area contributed by atoms with Crippen LogP contribution in [0.15, 0.2) is 24.3 Å². The molecular formula is C15H20F3NO. The number of aliphatic hydroxyl groups is 1. The van der Waals surface area contributed by atoms with Crippen LogP contribution in [0.2, 0.25) is 0 Å². The van der Waals surface area contributed by atoms with Gasteiger partial charge in [-0.2, -0.15) is 13.2 Å². The Balaban J connectivity index is 2.10. The van der Waals surface area contributed by atoms with Crippen molar-refractivity contribution >= 4 is 0 Å². The maximum absolute atomic E-state index is 12.9. The quantitative estimate of drug-likeness (QED) is 0.922. The Morgan fingerprint density at radius 3 is 2.70 bits per heavy atom. The Kier molecular flexibility index (Phi) is 4.70. The first-order valence-electron chi connectivity index (χ1n) is 6.93. The summed E-state index contributed by atoms with van der Waals surface area (Å²) >= 11 is 0. The van der Waals surface area contributed by atoms with E-state index in [0.717, 1.165) is 25.5 Å². The van der Waals surface area contributed by atoms with Gasteiger partial charge in [-0.15, -0.1) is 0 Å². The molecule has 2 unspecified atom stereocenters. The van der Waals surface area contributed by atoms with Crippen molar-refractivity contribution in [2.75, 3.05) is 13.1 Å². The Bertz CT molecular complexity index is 445. The third kappa shape index (κ3) is 3.73. The first-order valence-corrected chi connectivity index (χ1v) is 6.93. The molecule has 1 aliphatic rings. The lowest BCUT2D eigenvalue weighted by molar-refractivity contribution is -0.138. The zero-order chi connectivity index (χ0) is 14.8. The fraction of sp³-hybridized carbons (Fsp3) is 0.600. The van der Waals surface area contributed by atoms with Gasteiger partial charge in [0.25, 0.3) is 0 Å². The van der Waals surface area contributed by atoms with E-state index in [4.69, 9.17) is 0 Å². The van der Waals surface area contributed by atoms with E-state index < -0.39 is 17.8 Å². The largest absolute Gasteiger partial charge is 0.416 e. The second-order valence-corrected chi connectivity index (χ2v) is 5.53. The summed E-state index contributed by atoms with van der Waals surface area (Å²) < 4.78 is 38.8. The maximum atomic E-state index is 12.9. The number of rotatable bonds is 3. The van der Waals surface area contributed by atoms with Gasteiger partial charge in [0.1, 0.15) is 0 Å². The number of likely N-dealkylation sites (tertiary alicyclic amines) is 1. The van der Waals surface area contributed by atoms with Crippen molar-refractivity contribution in [1.29, 1.82) is 0 Å². The number of benzene rings is 1. The summed E-state index contributed by atoms with van der Waals surface area (Å²) in [5.74, 6) is 0.154. The fourth-order valence-electron chi connectivity index (χ4n) is 2.80. The number of halogens is 3. The minimum Gasteiger partial charge on any atom is -0.393 e. The molecule has 1 aliphatic heterocycles. The van der Waals surface area contributed by atoms with Gasteiger partial charge in [0, 0.05) is 13.1 Å². The molecule has 0 bridgehead atoms. The molecule has 2 rings (SSSR count). The predicted octanol–water partition coefficient (Wildman–Crippen LogP) is 3.30. The number of nitrogens with zero attached hydrogens (tertiary/aromatic N) is 1. The summed E-state index contributed by atoms with van der Waals surface area (Å²) in [5, 5.41) is 9.64. The second-order valence-electron chi connectivity index (χ2n) is 5.53. The highest BCUT2D eigenvalue weighted by Crippen LogP contribution is 2.33. The van der Waals surface area contributed by atoms with E-state index in [1.54, 1.807) is 13.0 Å². The van der Waals surface area contributed by atoms with E-state index in [1.165, 1.54) is 12.1 Å². The second kappa shape index (κ2) is 6.14. The van der Waals surface area contributed by atoms with Crippen LogP contribution >= 0.6 is 0 Å². The molecule has 1 aromatic rings. The van der Waals surface area contributed by atoms with Crippen LogP contribution in [0.5, 0.6) is 0 Å². The number of hydrogen-bond acceptors (Lipinski definition) is 2. The van der Waals surface area contributed by atoms with Gasteiger partial charge in [-0.3, -0.25) is 4.90 Å². The number of aliphatic hydroxyl groups excluding tert-OH is 1. The van der Waals surface area contributed by atoms with Crippen LogP contribution < -0.4 is 0 Å². The topological polar surface area (TPSA) is 23.5 Å². The smallest absolute Gasteiger partial charge is 0.393 e. The van der Waals surface area contributed by atoms with Crippen molar-refractivity contribution in [3.8, 4) is 0 Å². The lowest BCUT2D eigenvalue weighted by atomic mass is 9.93. The summed E-state index contributed by atoms with van der Waals surface area (Å²) in [7, 11) is 0. The van der Waals surface area contributed by atoms with E-state index in [9.17, 15) is 18.3 Å². The molecule has 2 atom stereocenters. The molecule has 0 spiro atoms. The van der Waals surface area contributed by atoms with Gasteiger partial charge in [-0.05, 0) is 43.9 Å². The number of alkyl halides is 3. The average molecular weight is 287 g/mol. The Hall–Kier alpha value is -1.07. The van der Waals surface area contributed by atoms with E-state index in [-0.39, 0.29) is 5.92 Å². The minimum atomic E-state index is -4.31. The number of piperidine rings is 1.